The molecule has 1 aromatic heterocycles. The Kier molecular flexibility index (Phi) is 5.15. The van der Waals surface area contributed by atoms with Crippen LogP contribution in [-0.2, 0) is 7.05 Å². The predicted molar refractivity (Wildman–Crippen MR) is 73.2 cm³/mol. The van der Waals surface area contributed by atoms with E-state index in [1.54, 1.807) is 4.68 Å². The fourth-order valence-electron chi connectivity index (χ4n) is 2.12. The van der Waals surface area contributed by atoms with E-state index in [2.05, 4.69) is 12.0 Å². The molecule has 0 aliphatic heterocycles. The number of unbranched alkanes of at least 4 members (excludes halogenated alkanes) is 1. The van der Waals surface area contributed by atoms with Gasteiger partial charge in [0.15, 0.2) is 0 Å². The van der Waals surface area contributed by atoms with Gasteiger partial charge in [0, 0.05) is 20.1 Å². The molecule has 0 bridgehead atoms. The van der Waals surface area contributed by atoms with Gasteiger partial charge in [-0.25, -0.2) is 0 Å². The zero-order valence-electron chi connectivity index (χ0n) is 11.4. The van der Waals surface area contributed by atoms with Crippen LogP contribution in [0, 0.1) is 12.3 Å². The van der Waals surface area contributed by atoms with Gasteiger partial charge in [-0.1, -0.05) is 13.3 Å². The predicted octanol–water partition coefficient (Wildman–Crippen LogP) is 0.611. The number of aryl methyl sites for hydroxylation is 2. The van der Waals surface area contributed by atoms with Gasteiger partial charge in [0.2, 0.25) is 0 Å². The van der Waals surface area contributed by atoms with E-state index >= 15 is 0 Å². The Morgan fingerprint density at radius 1 is 1.50 bits per heavy atom. The van der Waals surface area contributed by atoms with Crippen LogP contribution in [-0.4, -0.2) is 40.4 Å². The summed E-state index contributed by atoms with van der Waals surface area (Å²) in [5.74, 6) is 0.845. The highest BCUT2D eigenvalue weighted by molar-refractivity contribution is 6.00. The number of amidine groups is 1. The van der Waals surface area contributed by atoms with Crippen molar-refractivity contribution < 1.29 is 5.11 Å². The van der Waals surface area contributed by atoms with Crippen LogP contribution in [0.25, 0.3) is 0 Å². The Balaban J connectivity index is 3.13. The van der Waals surface area contributed by atoms with Crippen molar-refractivity contribution in [2.75, 3.05) is 24.6 Å². The number of nitrogens with one attached hydrogen (secondary N) is 1. The smallest absolute Gasteiger partial charge is 0.137 e. The molecule has 0 radical (unpaired) electrons. The number of nitrogens with zero attached hydrogens (tertiary/aromatic N) is 3. The van der Waals surface area contributed by atoms with Gasteiger partial charge in [0.25, 0.3) is 0 Å². The summed E-state index contributed by atoms with van der Waals surface area (Å²) < 4.78 is 1.73. The Bertz CT molecular complexity index is 413. The van der Waals surface area contributed by atoms with Crippen LogP contribution in [0.1, 0.15) is 31.0 Å². The molecule has 1 aromatic rings. The molecule has 0 unspecified atom stereocenters. The molecule has 0 aliphatic rings. The molecular weight excluding hydrogens is 230 g/mol. The van der Waals surface area contributed by atoms with E-state index in [0.717, 1.165) is 30.9 Å². The number of aliphatic hydroxyl groups is 1. The van der Waals surface area contributed by atoms with E-state index in [9.17, 15) is 0 Å². The molecule has 0 saturated carbocycles. The number of nitrogens with two attached hydrogens (primary N) is 1. The molecule has 6 nitrogen and oxygen atoms in total. The zero-order chi connectivity index (χ0) is 13.7. The number of hydrogen-bond acceptors (Lipinski definition) is 4. The monoisotopic (exact) mass is 253 g/mol. The molecule has 0 amide bonds. The topological polar surface area (TPSA) is 91.2 Å². The standard InChI is InChI=1S/C12H23N5O/c1-4-5-6-17(7-8-18)12-10(11(13)14)9(2)15-16(12)3/h18H,4-8H2,1-3H3,(H3,13,14). The lowest BCUT2D eigenvalue weighted by molar-refractivity contribution is 0.301. The third kappa shape index (κ3) is 3.01. The van der Waals surface area contributed by atoms with E-state index in [4.69, 9.17) is 16.2 Å². The molecule has 102 valence electrons. The van der Waals surface area contributed by atoms with Gasteiger partial charge in [0.1, 0.15) is 11.7 Å². The van der Waals surface area contributed by atoms with Crippen molar-refractivity contribution in [1.29, 1.82) is 5.41 Å². The quantitative estimate of drug-likeness (QED) is 0.490. The molecule has 0 saturated heterocycles. The van der Waals surface area contributed by atoms with Crippen LogP contribution in [0.3, 0.4) is 0 Å². The van der Waals surface area contributed by atoms with E-state index in [-0.39, 0.29) is 12.4 Å². The minimum absolute atomic E-state index is 0.0232. The minimum Gasteiger partial charge on any atom is -0.395 e. The number of rotatable bonds is 7. The Morgan fingerprint density at radius 3 is 2.67 bits per heavy atom. The van der Waals surface area contributed by atoms with Crippen LogP contribution in [0.5, 0.6) is 0 Å². The van der Waals surface area contributed by atoms with Crippen molar-refractivity contribution in [2.24, 2.45) is 12.8 Å². The van der Waals surface area contributed by atoms with Crippen LogP contribution < -0.4 is 10.6 Å². The van der Waals surface area contributed by atoms with Crippen molar-refractivity contribution in [3.05, 3.63) is 11.3 Å². The third-order valence-corrected chi connectivity index (χ3v) is 2.91. The molecule has 6 heteroatoms. The van der Waals surface area contributed by atoms with E-state index < -0.39 is 0 Å². The second-order valence-corrected chi connectivity index (χ2v) is 4.39. The molecule has 0 aliphatic carbocycles. The Labute approximate surface area is 108 Å². The summed E-state index contributed by atoms with van der Waals surface area (Å²) in [4.78, 5) is 2.04. The van der Waals surface area contributed by atoms with Crippen LogP contribution in [0.2, 0.25) is 0 Å². The lowest BCUT2D eigenvalue weighted by Gasteiger charge is -2.24. The van der Waals surface area contributed by atoms with Crippen LogP contribution >= 0.6 is 0 Å². The highest BCUT2D eigenvalue weighted by atomic mass is 16.3. The molecule has 0 atom stereocenters. The molecule has 4 N–H and O–H groups in total. The average Bonchev–Trinajstić information content (AvgIpc) is 2.59. The zero-order valence-corrected chi connectivity index (χ0v) is 11.4. The van der Waals surface area contributed by atoms with Crippen molar-refractivity contribution >= 4 is 11.7 Å². The number of hydrogen-bond donors (Lipinski definition) is 3. The molecule has 1 rings (SSSR count). The van der Waals surface area contributed by atoms with Crippen LogP contribution in [0.4, 0.5) is 5.82 Å². The maximum atomic E-state index is 9.17. The van der Waals surface area contributed by atoms with Gasteiger partial charge >= 0.3 is 0 Å². The highest BCUT2D eigenvalue weighted by Gasteiger charge is 2.20. The first-order valence-corrected chi connectivity index (χ1v) is 6.26. The second-order valence-electron chi connectivity index (χ2n) is 4.39. The van der Waals surface area contributed by atoms with Crippen molar-refractivity contribution in [3.63, 3.8) is 0 Å². The summed E-state index contributed by atoms with van der Waals surface area (Å²) in [6.07, 6.45) is 2.11. The Hall–Kier alpha value is -1.56. The lowest BCUT2D eigenvalue weighted by atomic mass is 10.2. The van der Waals surface area contributed by atoms with Crippen molar-refractivity contribution in [1.82, 2.24) is 9.78 Å². The van der Waals surface area contributed by atoms with Gasteiger partial charge in [0.05, 0.1) is 17.9 Å². The maximum Gasteiger partial charge on any atom is 0.137 e. The molecule has 0 fully saturated rings. The summed E-state index contributed by atoms with van der Waals surface area (Å²) in [6.45, 7) is 5.40. The van der Waals surface area contributed by atoms with Crippen molar-refractivity contribution in [2.45, 2.75) is 26.7 Å². The summed E-state index contributed by atoms with van der Waals surface area (Å²) in [5, 5.41) is 21.2. The van der Waals surface area contributed by atoms with E-state index in [1.165, 1.54) is 0 Å². The fourth-order valence-corrected chi connectivity index (χ4v) is 2.12. The highest BCUT2D eigenvalue weighted by Crippen LogP contribution is 2.23. The summed E-state index contributed by atoms with van der Waals surface area (Å²) in [6, 6.07) is 0. The third-order valence-electron chi connectivity index (χ3n) is 2.91. The number of nitrogen functional groups attached to an aromatic ring is 1. The summed E-state index contributed by atoms with van der Waals surface area (Å²) >= 11 is 0. The first-order valence-electron chi connectivity index (χ1n) is 6.26. The average molecular weight is 253 g/mol. The SMILES string of the molecule is CCCCN(CCO)c1c(C(=N)N)c(C)nn1C. The minimum atomic E-state index is 0.0232. The molecular formula is C12H23N5O. The van der Waals surface area contributed by atoms with Gasteiger partial charge < -0.3 is 15.7 Å². The Morgan fingerprint density at radius 2 is 2.17 bits per heavy atom. The maximum absolute atomic E-state index is 9.17. The molecule has 0 aromatic carbocycles. The van der Waals surface area contributed by atoms with E-state index in [0.29, 0.717) is 12.1 Å². The van der Waals surface area contributed by atoms with Gasteiger partial charge in [-0.2, -0.15) is 5.10 Å². The first-order chi connectivity index (χ1) is 8.52. The molecule has 0 spiro atoms. The van der Waals surface area contributed by atoms with E-state index in [1.807, 2.05) is 18.9 Å². The van der Waals surface area contributed by atoms with Gasteiger partial charge in [-0.05, 0) is 13.3 Å². The molecule has 1 heterocycles. The molecule has 18 heavy (non-hydrogen) atoms. The fraction of sp³-hybridized carbons (Fsp3) is 0.667. The normalized spacial score (nSPS) is 10.7. The van der Waals surface area contributed by atoms with Gasteiger partial charge in [-0.3, -0.25) is 10.1 Å². The largest absolute Gasteiger partial charge is 0.395 e. The van der Waals surface area contributed by atoms with Crippen molar-refractivity contribution in [3.8, 4) is 0 Å². The second kappa shape index (κ2) is 6.39. The summed E-state index contributed by atoms with van der Waals surface area (Å²) in [7, 11) is 1.84. The number of aromatic nitrogens is 2. The van der Waals surface area contributed by atoms with Gasteiger partial charge in [-0.15, -0.1) is 0 Å². The number of aliphatic hydroxyl groups excluding tert-OH is 1. The lowest BCUT2D eigenvalue weighted by Crippen LogP contribution is -2.31. The summed E-state index contributed by atoms with van der Waals surface area (Å²) in [5.41, 5.74) is 7.05. The first kappa shape index (κ1) is 14.5. The van der Waals surface area contributed by atoms with Crippen LogP contribution in [0.15, 0.2) is 0 Å². The number of anilines is 1.